The first-order valence-electron chi connectivity index (χ1n) is 7.23. The van der Waals surface area contributed by atoms with Gasteiger partial charge < -0.3 is 10.4 Å². The Labute approximate surface area is 144 Å². The molecule has 0 bridgehead atoms. The van der Waals surface area contributed by atoms with Gasteiger partial charge in [-0.2, -0.15) is 0 Å². The van der Waals surface area contributed by atoms with Gasteiger partial charge in [-0.3, -0.25) is 14.9 Å². The number of hydrogen-bond acceptors (Lipinski definition) is 5. The first-order valence-corrected chi connectivity index (χ1v) is 7.61. The highest BCUT2D eigenvalue weighted by Gasteiger charge is 2.26. The molecule has 0 saturated heterocycles. The van der Waals surface area contributed by atoms with E-state index in [1.54, 1.807) is 31.2 Å². The lowest BCUT2D eigenvalue weighted by molar-refractivity contribution is -0.384. The van der Waals surface area contributed by atoms with E-state index in [0.29, 0.717) is 10.6 Å². The molecule has 2 aromatic rings. The summed E-state index contributed by atoms with van der Waals surface area (Å²) in [5.41, 5.74) is -0.562. The maximum absolute atomic E-state index is 11.4. The summed E-state index contributed by atoms with van der Waals surface area (Å²) in [5, 5.41) is 25.1. The Kier molecular flexibility index (Phi) is 5.21. The maximum atomic E-state index is 11.4. The van der Waals surface area contributed by atoms with Crippen LogP contribution in [0.15, 0.2) is 42.5 Å². The van der Waals surface area contributed by atoms with Gasteiger partial charge in [-0.05, 0) is 32.0 Å². The van der Waals surface area contributed by atoms with Crippen molar-refractivity contribution in [2.75, 3.05) is 11.9 Å². The van der Waals surface area contributed by atoms with E-state index in [-0.39, 0.29) is 29.3 Å². The summed E-state index contributed by atoms with van der Waals surface area (Å²) in [7, 11) is 0. The zero-order valence-electron chi connectivity index (χ0n) is 13.2. The summed E-state index contributed by atoms with van der Waals surface area (Å²) >= 11 is 6.09. The van der Waals surface area contributed by atoms with Gasteiger partial charge in [-0.1, -0.05) is 29.8 Å². The number of carbonyl (C=O) groups is 1. The summed E-state index contributed by atoms with van der Waals surface area (Å²) in [4.78, 5) is 22.0. The molecule has 0 aliphatic heterocycles. The Morgan fingerprint density at radius 2 is 2.00 bits per heavy atom. The van der Waals surface area contributed by atoms with Crippen molar-refractivity contribution in [3.63, 3.8) is 0 Å². The molecule has 7 heteroatoms. The molecule has 0 aliphatic carbocycles. The third-order valence-electron chi connectivity index (χ3n) is 3.68. The number of ketones is 1. The number of rotatable bonds is 6. The van der Waals surface area contributed by atoms with Crippen molar-refractivity contribution >= 4 is 28.8 Å². The Balaban J connectivity index is 2.27. The largest absolute Gasteiger partial charge is 0.384 e. The van der Waals surface area contributed by atoms with Crippen LogP contribution >= 0.6 is 11.6 Å². The number of nitro groups is 1. The number of nitro benzene ring substituents is 1. The molecule has 0 heterocycles. The van der Waals surface area contributed by atoms with Crippen LogP contribution in [0.2, 0.25) is 5.02 Å². The number of nitrogens with one attached hydrogen (secondary N) is 1. The Hall–Kier alpha value is -2.44. The predicted molar refractivity (Wildman–Crippen MR) is 92.6 cm³/mol. The fraction of sp³-hybridized carbons (Fsp3) is 0.235. The smallest absolute Gasteiger partial charge is 0.293 e. The summed E-state index contributed by atoms with van der Waals surface area (Å²) in [6, 6.07) is 11.0. The van der Waals surface area contributed by atoms with Gasteiger partial charge in [-0.15, -0.1) is 0 Å². The third-order valence-corrected chi connectivity index (χ3v) is 4.01. The van der Waals surface area contributed by atoms with Gasteiger partial charge in [0.15, 0.2) is 5.78 Å². The molecule has 126 valence electrons. The second-order valence-electron chi connectivity index (χ2n) is 5.65. The molecule has 1 atom stereocenters. The highest BCUT2D eigenvalue weighted by molar-refractivity contribution is 6.31. The quantitative estimate of drug-likeness (QED) is 0.471. The van der Waals surface area contributed by atoms with Crippen LogP contribution in [0.3, 0.4) is 0 Å². The normalized spacial score (nSPS) is 13.2. The SMILES string of the molecule is CC(=O)c1ccc(NCC(C)(O)c2ccccc2Cl)c([N+](=O)[O-])c1. The lowest BCUT2D eigenvalue weighted by atomic mass is 9.95. The van der Waals surface area contributed by atoms with E-state index in [9.17, 15) is 20.0 Å². The molecule has 0 aliphatic rings. The molecule has 1 unspecified atom stereocenters. The van der Waals surface area contributed by atoms with E-state index in [0.717, 1.165) is 0 Å². The first kappa shape index (κ1) is 17.9. The molecule has 0 aromatic heterocycles. The molecule has 0 spiro atoms. The van der Waals surface area contributed by atoms with Crippen molar-refractivity contribution in [1.82, 2.24) is 0 Å². The van der Waals surface area contributed by atoms with Crippen LogP contribution in [-0.2, 0) is 5.60 Å². The Bertz CT molecular complexity index is 790. The maximum Gasteiger partial charge on any atom is 0.293 e. The number of halogens is 1. The summed E-state index contributed by atoms with van der Waals surface area (Å²) in [6.45, 7) is 2.92. The fourth-order valence-electron chi connectivity index (χ4n) is 2.31. The molecule has 2 rings (SSSR count). The van der Waals surface area contributed by atoms with Gasteiger partial charge >= 0.3 is 0 Å². The minimum Gasteiger partial charge on any atom is -0.384 e. The highest BCUT2D eigenvalue weighted by atomic mass is 35.5. The first-order chi connectivity index (χ1) is 11.2. The van der Waals surface area contributed by atoms with Crippen LogP contribution < -0.4 is 5.32 Å². The molecule has 24 heavy (non-hydrogen) atoms. The standard InChI is InChI=1S/C17H17ClN2O4/c1-11(21)12-7-8-15(16(9-12)20(23)24)19-10-17(2,22)13-5-3-4-6-14(13)18/h3-9,19,22H,10H2,1-2H3. The second kappa shape index (κ2) is 6.98. The highest BCUT2D eigenvalue weighted by Crippen LogP contribution is 2.30. The molecule has 6 nitrogen and oxygen atoms in total. The zero-order chi connectivity index (χ0) is 17.9. The number of Topliss-reactive ketones (excluding diaryl/α,β-unsaturated/α-hetero) is 1. The molecule has 2 aromatic carbocycles. The van der Waals surface area contributed by atoms with Crippen LogP contribution in [0.5, 0.6) is 0 Å². The number of anilines is 1. The number of hydrogen-bond donors (Lipinski definition) is 2. The Morgan fingerprint density at radius 3 is 2.58 bits per heavy atom. The Morgan fingerprint density at radius 1 is 1.33 bits per heavy atom. The fourth-order valence-corrected chi connectivity index (χ4v) is 2.65. The predicted octanol–water partition coefficient (Wildman–Crippen LogP) is 3.77. The number of carbonyl (C=O) groups excluding carboxylic acids is 1. The van der Waals surface area contributed by atoms with Crippen molar-refractivity contribution in [3.05, 3.63) is 68.7 Å². The zero-order valence-corrected chi connectivity index (χ0v) is 14.0. The van der Waals surface area contributed by atoms with E-state index in [1.165, 1.54) is 25.1 Å². The van der Waals surface area contributed by atoms with Crippen LogP contribution in [0.1, 0.15) is 29.8 Å². The molecule has 0 amide bonds. The van der Waals surface area contributed by atoms with E-state index in [4.69, 9.17) is 11.6 Å². The average molecular weight is 349 g/mol. The molecular weight excluding hydrogens is 332 g/mol. The van der Waals surface area contributed by atoms with Gasteiger partial charge in [0.25, 0.3) is 5.69 Å². The van der Waals surface area contributed by atoms with Crippen molar-refractivity contribution < 1.29 is 14.8 Å². The molecule has 2 N–H and O–H groups in total. The van der Waals surface area contributed by atoms with Gasteiger partial charge in [-0.25, -0.2) is 0 Å². The number of nitrogens with zero attached hydrogens (tertiary/aromatic N) is 1. The lowest BCUT2D eigenvalue weighted by Crippen LogP contribution is -2.31. The molecular formula is C17H17ClN2O4. The number of aliphatic hydroxyl groups is 1. The van der Waals surface area contributed by atoms with Crippen molar-refractivity contribution in [3.8, 4) is 0 Å². The van der Waals surface area contributed by atoms with Crippen molar-refractivity contribution in [1.29, 1.82) is 0 Å². The number of benzene rings is 2. The van der Waals surface area contributed by atoms with Crippen molar-refractivity contribution in [2.45, 2.75) is 19.4 Å². The topological polar surface area (TPSA) is 92.5 Å². The van der Waals surface area contributed by atoms with E-state index >= 15 is 0 Å². The molecule has 0 saturated carbocycles. The second-order valence-corrected chi connectivity index (χ2v) is 6.06. The van der Waals surface area contributed by atoms with Crippen molar-refractivity contribution in [2.24, 2.45) is 0 Å². The van der Waals surface area contributed by atoms with Gasteiger partial charge in [0, 0.05) is 28.8 Å². The van der Waals surface area contributed by atoms with Gasteiger partial charge in [0.1, 0.15) is 11.3 Å². The van der Waals surface area contributed by atoms with Crippen LogP contribution in [0.4, 0.5) is 11.4 Å². The van der Waals surface area contributed by atoms with E-state index in [1.807, 2.05) is 0 Å². The van der Waals surface area contributed by atoms with Gasteiger partial charge in [0.05, 0.1) is 4.92 Å². The lowest BCUT2D eigenvalue weighted by Gasteiger charge is -2.25. The van der Waals surface area contributed by atoms with Gasteiger partial charge in [0.2, 0.25) is 0 Å². The minimum atomic E-state index is -1.33. The van der Waals surface area contributed by atoms with Crippen LogP contribution in [0.25, 0.3) is 0 Å². The summed E-state index contributed by atoms with van der Waals surface area (Å²) < 4.78 is 0. The van der Waals surface area contributed by atoms with Crippen LogP contribution in [0, 0.1) is 10.1 Å². The third kappa shape index (κ3) is 3.90. The summed E-state index contributed by atoms with van der Waals surface area (Å²) in [5.74, 6) is -0.257. The minimum absolute atomic E-state index is 0.0109. The van der Waals surface area contributed by atoms with E-state index < -0.39 is 10.5 Å². The monoisotopic (exact) mass is 348 g/mol. The van der Waals surface area contributed by atoms with E-state index in [2.05, 4.69) is 5.32 Å². The average Bonchev–Trinajstić information content (AvgIpc) is 2.52. The molecule has 0 radical (unpaired) electrons. The molecule has 0 fully saturated rings. The van der Waals surface area contributed by atoms with Crippen LogP contribution in [-0.4, -0.2) is 22.4 Å². The summed E-state index contributed by atoms with van der Waals surface area (Å²) in [6.07, 6.45) is 0.